The summed E-state index contributed by atoms with van der Waals surface area (Å²) in [6.45, 7) is 0. The Labute approximate surface area is 108 Å². The first-order valence-corrected chi connectivity index (χ1v) is 5.13. The van der Waals surface area contributed by atoms with E-state index in [0.29, 0.717) is 17.8 Å². The Morgan fingerprint density at radius 3 is 2.81 bits per heavy atom. The van der Waals surface area contributed by atoms with Crippen LogP contribution in [0.4, 0.5) is 0 Å². The summed E-state index contributed by atoms with van der Waals surface area (Å²) in [6, 6.07) is 3.67. The average Bonchev–Trinajstić information content (AvgIpc) is 2.86. The van der Waals surface area contributed by atoms with Gasteiger partial charge in [0, 0.05) is 12.8 Å². The molecule has 2 heterocycles. The Balaban J connectivity index is 0.00000128. The molecule has 0 bridgehead atoms. The van der Waals surface area contributed by atoms with Gasteiger partial charge in [0.25, 0.3) is 0 Å². The number of aromatic carboxylic acids is 1. The molecule has 0 aliphatic heterocycles. The number of hydrogen-bond donors (Lipinski definition) is 0. The molecule has 0 fully saturated rings. The summed E-state index contributed by atoms with van der Waals surface area (Å²) >= 11 is 1.04. The molecule has 0 radical (unpaired) electrons. The molecule has 0 amide bonds. The van der Waals surface area contributed by atoms with E-state index >= 15 is 0 Å². The fourth-order valence-electron chi connectivity index (χ4n) is 1.12. The minimum absolute atomic E-state index is 0. The van der Waals surface area contributed by atoms with Crippen molar-refractivity contribution < 1.29 is 33.2 Å². The topological polar surface area (TPSA) is 79.0 Å². The van der Waals surface area contributed by atoms with Crippen molar-refractivity contribution in [2.75, 3.05) is 0 Å². The zero-order valence-corrected chi connectivity index (χ0v) is 9.49. The second-order valence-corrected chi connectivity index (χ2v) is 3.93. The van der Waals surface area contributed by atoms with Gasteiger partial charge in [-0.15, -0.1) is 10.2 Å². The van der Waals surface area contributed by atoms with Crippen LogP contribution in [-0.4, -0.2) is 16.2 Å². The Morgan fingerprint density at radius 1 is 1.44 bits per heavy atom. The molecule has 0 aromatic carbocycles. The first-order valence-electron chi connectivity index (χ1n) is 4.32. The number of carbonyl (C=O) groups is 1. The normalized spacial score (nSPS) is 9.75. The number of nitrogens with zero attached hydrogens (tertiary/aromatic N) is 2. The molecular formula is C9H7LiN2O3S. The van der Waals surface area contributed by atoms with E-state index in [4.69, 9.17) is 4.42 Å². The second kappa shape index (κ2) is 5.85. The molecule has 0 saturated heterocycles. The SMILES string of the molecule is O=C([O-])c1nnc(CCc2ccco2)s1.[Li+]. The Bertz CT molecular complexity index is 455. The van der Waals surface area contributed by atoms with E-state index in [9.17, 15) is 9.90 Å². The van der Waals surface area contributed by atoms with Crippen LogP contribution < -0.4 is 24.0 Å². The first-order chi connectivity index (χ1) is 7.25. The van der Waals surface area contributed by atoms with Crippen molar-refractivity contribution in [3.63, 3.8) is 0 Å². The zero-order chi connectivity index (χ0) is 10.7. The van der Waals surface area contributed by atoms with Crippen LogP contribution in [0.15, 0.2) is 22.8 Å². The van der Waals surface area contributed by atoms with Crippen LogP contribution in [-0.2, 0) is 12.8 Å². The maximum Gasteiger partial charge on any atom is 1.00 e. The van der Waals surface area contributed by atoms with Crippen LogP contribution in [0.2, 0.25) is 0 Å². The number of carbonyl (C=O) groups excluding carboxylic acids is 1. The maximum atomic E-state index is 10.4. The number of furan rings is 1. The third kappa shape index (κ3) is 3.20. The van der Waals surface area contributed by atoms with Gasteiger partial charge in [0.15, 0.2) is 5.01 Å². The summed E-state index contributed by atoms with van der Waals surface area (Å²) in [5.74, 6) is -0.433. The Morgan fingerprint density at radius 2 is 2.25 bits per heavy atom. The van der Waals surface area contributed by atoms with E-state index in [1.54, 1.807) is 6.26 Å². The minimum atomic E-state index is -1.28. The van der Waals surface area contributed by atoms with Crippen LogP contribution in [0.3, 0.4) is 0 Å². The van der Waals surface area contributed by atoms with Crippen molar-refractivity contribution in [1.82, 2.24) is 10.2 Å². The summed E-state index contributed by atoms with van der Waals surface area (Å²) in [5.41, 5.74) is 0. The molecule has 2 aromatic heterocycles. The molecular weight excluding hydrogens is 223 g/mol. The predicted octanol–water partition coefficient (Wildman–Crippen LogP) is -2.72. The predicted molar refractivity (Wildman–Crippen MR) is 50.4 cm³/mol. The van der Waals surface area contributed by atoms with E-state index in [0.717, 1.165) is 17.1 Å². The molecule has 16 heavy (non-hydrogen) atoms. The van der Waals surface area contributed by atoms with E-state index in [1.807, 2.05) is 12.1 Å². The van der Waals surface area contributed by atoms with Crippen molar-refractivity contribution in [1.29, 1.82) is 0 Å². The van der Waals surface area contributed by atoms with Crippen LogP contribution >= 0.6 is 11.3 Å². The summed E-state index contributed by atoms with van der Waals surface area (Å²) < 4.78 is 5.14. The molecule has 2 rings (SSSR count). The van der Waals surface area contributed by atoms with Gasteiger partial charge in [-0.25, -0.2) is 0 Å². The first kappa shape index (κ1) is 13.0. The third-order valence-corrected chi connectivity index (χ3v) is 2.77. The summed E-state index contributed by atoms with van der Waals surface area (Å²) in [6.07, 6.45) is 2.91. The van der Waals surface area contributed by atoms with Gasteiger partial charge in [0.05, 0.1) is 6.26 Å². The van der Waals surface area contributed by atoms with E-state index in [-0.39, 0.29) is 23.9 Å². The summed E-state index contributed by atoms with van der Waals surface area (Å²) in [7, 11) is 0. The molecule has 0 spiro atoms. The quantitative estimate of drug-likeness (QED) is 0.533. The smallest absolute Gasteiger partial charge is 0.542 e. The molecule has 0 unspecified atom stereocenters. The van der Waals surface area contributed by atoms with E-state index in [1.165, 1.54) is 0 Å². The number of aryl methyl sites for hydroxylation is 2. The molecule has 0 N–H and O–H groups in total. The number of aromatic nitrogens is 2. The van der Waals surface area contributed by atoms with Crippen LogP contribution in [0.25, 0.3) is 0 Å². The molecule has 7 heteroatoms. The number of carboxylic acids is 1. The van der Waals surface area contributed by atoms with Gasteiger partial charge in [-0.05, 0) is 12.1 Å². The van der Waals surface area contributed by atoms with Crippen LogP contribution in [0.1, 0.15) is 20.6 Å². The summed E-state index contributed by atoms with van der Waals surface area (Å²) in [5, 5.41) is 18.3. The van der Waals surface area contributed by atoms with E-state index < -0.39 is 5.97 Å². The largest absolute Gasteiger partial charge is 1.00 e. The monoisotopic (exact) mass is 230 g/mol. The third-order valence-electron chi connectivity index (χ3n) is 1.81. The van der Waals surface area contributed by atoms with Gasteiger partial charge >= 0.3 is 18.9 Å². The molecule has 2 aromatic rings. The van der Waals surface area contributed by atoms with Gasteiger partial charge in [0.1, 0.15) is 16.7 Å². The molecule has 0 saturated carbocycles. The summed E-state index contributed by atoms with van der Waals surface area (Å²) in [4.78, 5) is 10.4. The second-order valence-electron chi connectivity index (χ2n) is 2.87. The fourth-order valence-corrected chi connectivity index (χ4v) is 1.80. The van der Waals surface area contributed by atoms with Gasteiger partial charge in [-0.3, -0.25) is 0 Å². The molecule has 78 valence electrons. The molecule has 0 atom stereocenters. The van der Waals surface area contributed by atoms with Crippen LogP contribution in [0.5, 0.6) is 0 Å². The fraction of sp³-hybridized carbons (Fsp3) is 0.222. The van der Waals surface area contributed by atoms with Crippen LogP contribution in [0, 0.1) is 0 Å². The number of carboxylic acid groups (broad SMARTS) is 1. The average molecular weight is 230 g/mol. The zero-order valence-electron chi connectivity index (χ0n) is 8.67. The molecule has 0 aliphatic rings. The molecule has 0 aliphatic carbocycles. The van der Waals surface area contributed by atoms with Gasteiger partial charge in [0.2, 0.25) is 0 Å². The van der Waals surface area contributed by atoms with Gasteiger partial charge in [-0.2, -0.15) is 0 Å². The minimum Gasteiger partial charge on any atom is -0.542 e. The van der Waals surface area contributed by atoms with Gasteiger partial charge < -0.3 is 14.3 Å². The maximum absolute atomic E-state index is 10.4. The van der Waals surface area contributed by atoms with E-state index in [2.05, 4.69) is 10.2 Å². The Kier molecular flexibility index (Phi) is 4.74. The standard InChI is InChI=1S/C9H8N2O3S.Li/c12-9(13)8-11-10-7(15-8)4-3-6-2-1-5-14-6;/h1-2,5H,3-4H2,(H,12,13);/q;+1/p-1. The number of rotatable bonds is 4. The number of hydrogen-bond acceptors (Lipinski definition) is 6. The van der Waals surface area contributed by atoms with Crippen molar-refractivity contribution >= 4 is 17.3 Å². The Hall–Kier alpha value is -1.09. The van der Waals surface area contributed by atoms with Gasteiger partial charge in [-0.1, -0.05) is 11.3 Å². The van der Waals surface area contributed by atoms with Crippen molar-refractivity contribution in [2.45, 2.75) is 12.8 Å². The van der Waals surface area contributed by atoms with Crippen molar-refractivity contribution in [3.05, 3.63) is 34.2 Å². The molecule has 5 nitrogen and oxygen atoms in total. The van der Waals surface area contributed by atoms with Crippen molar-refractivity contribution in [3.8, 4) is 0 Å². The van der Waals surface area contributed by atoms with Crippen molar-refractivity contribution in [2.24, 2.45) is 0 Å².